The van der Waals surface area contributed by atoms with E-state index in [9.17, 15) is 102 Å². The van der Waals surface area contributed by atoms with Gasteiger partial charge in [-0.25, -0.2) is 0 Å². The zero-order chi connectivity index (χ0) is 49.3. The molecule has 0 aromatic carbocycles. The van der Waals surface area contributed by atoms with Crippen molar-refractivity contribution in [2.24, 2.45) is 0 Å². The van der Waals surface area contributed by atoms with Crippen LogP contribution in [0.15, 0.2) is 0 Å². The summed E-state index contributed by atoms with van der Waals surface area (Å²) >= 11 is 0. The van der Waals surface area contributed by atoms with Gasteiger partial charge in [-0.3, -0.25) is 0 Å². The number of hydrogen-bond donors (Lipinski definition) is 20. The number of ether oxygens (including phenoxy) is 11. The van der Waals surface area contributed by atoms with Crippen molar-refractivity contribution in [3.8, 4) is 0 Å². The van der Waals surface area contributed by atoms with Gasteiger partial charge in [0.05, 0.1) is 39.6 Å². The molecule has 31 nitrogen and oxygen atoms in total. The minimum atomic E-state index is -2.31. The molecule has 0 aromatic rings. The third-order valence-electron chi connectivity index (χ3n) is 12.4. The average molecular weight is 991 g/mol. The maximum absolute atomic E-state index is 11.7. The van der Waals surface area contributed by atoms with Crippen LogP contribution in [-0.4, -0.2) is 326 Å². The molecule has 20 N–H and O–H groups in total. The first-order valence-electron chi connectivity index (χ1n) is 21.1. The van der Waals surface area contributed by atoms with Crippen molar-refractivity contribution in [3.05, 3.63) is 0 Å². The lowest BCUT2D eigenvalue weighted by Crippen LogP contribution is -2.68. The van der Waals surface area contributed by atoms with E-state index in [1.807, 2.05) is 0 Å². The van der Waals surface area contributed by atoms with Gasteiger partial charge in [0.1, 0.15) is 146 Å². The Bertz CT molecular complexity index is 1510. The van der Waals surface area contributed by atoms with E-state index in [4.69, 9.17) is 52.1 Å². The maximum atomic E-state index is 11.7. The lowest BCUT2D eigenvalue weighted by Gasteiger charge is -2.49. The molecule has 0 amide bonds. The summed E-state index contributed by atoms with van der Waals surface area (Å²) in [6.45, 7) is -5.34. The SMILES string of the molecule is OC[C@H]1O[C@@H](OC[C@H]2O[C@@H](O[C@@H]3[C@@H](O)[C@H](O[C@@H]4[C@@H](O)[C@H](O[C@H]5[C@H](O)[C@@H](CO)OC(O)[C@@H]5O)O[C@H](CO)[C@H]4O)O[C@H](CO[C@@H]4O[C@H](CO)[C@@H](O)[C@H](O)[C@H]4O)[C@H]3O)[C@H](O)[C@@H](O)[C@@H]2O)[C@H](O)[C@@H](O)[C@@H]1O. The fourth-order valence-corrected chi connectivity index (χ4v) is 8.29. The molecule has 0 radical (unpaired) electrons. The second kappa shape index (κ2) is 23.5. The second-order valence-electron chi connectivity index (χ2n) is 16.8. The van der Waals surface area contributed by atoms with Gasteiger partial charge in [-0.15, -0.1) is 0 Å². The molecule has 6 aliphatic rings. The van der Waals surface area contributed by atoms with E-state index in [1.165, 1.54) is 0 Å². The highest BCUT2D eigenvalue weighted by Gasteiger charge is 2.56. The minimum Gasteiger partial charge on any atom is -0.394 e. The highest BCUT2D eigenvalue weighted by atomic mass is 16.8. The van der Waals surface area contributed by atoms with Gasteiger partial charge in [0, 0.05) is 0 Å². The van der Waals surface area contributed by atoms with Crippen molar-refractivity contribution >= 4 is 0 Å². The van der Waals surface area contributed by atoms with Gasteiger partial charge in [-0.2, -0.15) is 0 Å². The molecule has 6 heterocycles. The van der Waals surface area contributed by atoms with Crippen LogP contribution < -0.4 is 0 Å². The zero-order valence-corrected chi connectivity index (χ0v) is 35.0. The molecule has 6 saturated heterocycles. The van der Waals surface area contributed by atoms with Crippen LogP contribution in [0.2, 0.25) is 0 Å². The summed E-state index contributed by atoms with van der Waals surface area (Å²) in [7, 11) is 0. The summed E-state index contributed by atoms with van der Waals surface area (Å²) in [6.07, 6.45) is -58.0. The highest BCUT2D eigenvalue weighted by molar-refractivity contribution is 4.99. The van der Waals surface area contributed by atoms with E-state index in [2.05, 4.69) is 0 Å². The summed E-state index contributed by atoms with van der Waals surface area (Å²) in [5.74, 6) is 0. The van der Waals surface area contributed by atoms with Crippen LogP contribution in [0.3, 0.4) is 0 Å². The first-order valence-corrected chi connectivity index (χ1v) is 21.1. The van der Waals surface area contributed by atoms with Gasteiger partial charge in [0.2, 0.25) is 0 Å². The summed E-state index contributed by atoms with van der Waals surface area (Å²) in [6, 6.07) is 0. The van der Waals surface area contributed by atoms with Crippen LogP contribution in [0.4, 0.5) is 0 Å². The first-order chi connectivity index (χ1) is 31.7. The summed E-state index contributed by atoms with van der Waals surface area (Å²) in [5, 5.41) is 210. The Morgan fingerprint density at radius 3 is 0.925 bits per heavy atom. The Morgan fingerprint density at radius 2 is 0.522 bits per heavy atom. The van der Waals surface area contributed by atoms with Crippen LogP contribution >= 0.6 is 0 Å². The lowest BCUT2D eigenvalue weighted by molar-refractivity contribution is -0.393. The standard InChI is InChI=1S/C36H62O31/c37-1-7-13(41)19(47)22(50)32(60-7)57-5-11-15(43)21(49)24(52)34(63-11)66-30-18(46)12(6-58-33-23(51)20(48)14(42)8(2-38)61-33)64-36(27(30)55)67-29-17(45)10(4-40)62-35(26(29)54)65-28-16(44)9(3-39)59-31(56)25(28)53/h7-56H,1-6H2/t7-,8-,9-,10-,11-,12-,13-,14-,15-,16-,17-,18-,19+,20+,21+,22-,23-,24-,25-,26-,27-,28+,29+,30+,31?,32-,33-,34+,35+,36+/m1/s1. The molecule has 6 aliphatic heterocycles. The minimum absolute atomic E-state index is 0.826. The average Bonchev–Trinajstić information content (AvgIpc) is 3.31. The van der Waals surface area contributed by atoms with E-state index in [0.717, 1.165) is 0 Å². The Labute approximate surface area is 378 Å². The van der Waals surface area contributed by atoms with Crippen LogP contribution in [0, 0.1) is 0 Å². The molecule has 0 spiro atoms. The predicted molar refractivity (Wildman–Crippen MR) is 199 cm³/mol. The normalized spacial score (nSPS) is 53.4. The van der Waals surface area contributed by atoms with Crippen molar-refractivity contribution in [1.82, 2.24) is 0 Å². The third kappa shape index (κ3) is 11.5. The molecule has 6 fully saturated rings. The highest BCUT2D eigenvalue weighted by Crippen LogP contribution is 2.35. The molecule has 0 aliphatic carbocycles. The molecule has 0 aromatic heterocycles. The summed E-state index contributed by atoms with van der Waals surface area (Å²) in [5.41, 5.74) is 0. The second-order valence-corrected chi connectivity index (χ2v) is 16.8. The van der Waals surface area contributed by atoms with Crippen molar-refractivity contribution < 1.29 is 154 Å². The van der Waals surface area contributed by atoms with Crippen LogP contribution in [0.1, 0.15) is 0 Å². The van der Waals surface area contributed by atoms with Crippen LogP contribution in [0.5, 0.6) is 0 Å². The Balaban J connectivity index is 1.23. The fourth-order valence-electron chi connectivity index (χ4n) is 8.29. The van der Waals surface area contributed by atoms with Crippen molar-refractivity contribution in [2.45, 2.75) is 184 Å². The number of aliphatic hydroxyl groups excluding tert-OH is 20. The topological polar surface area (TPSA) is 506 Å². The fraction of sp³-hybridized carbons (Fsp3) is 1.00. The Morgan fingerprint density at radius 1 is 0.254 bits per heavy atom. The summed E-state index contributed by atoms with van der Waals surface area (Å²) in [4.78, 5) is 0. The molecule has 0 saturated carbocycles. The zero-order valence-electron chi connectivity index (χ0n) is 35.0. The van der Waals surface area contributed by atoms with Gasteiger partial charge >= 0.3 is 0 Å². The van der Waals surface area contributed by atoms with Crippen LogP contribution in [-0.2, 0) is 52.1 Å². The molecular formula is C36H62O31. The smallest absolute Gasteiger partial charge is 0.187 e. The van der Waals surface area contributed by atoms with Gasteiger partial charge in [0.25, 0.3) is 0 Å². The van der Waals surface area contributed by atoms with Gasteiger partial charge in [0.15, 0.2) is 37.7 Å². The number of rotatable bonds is 16. The molecule has 392 valence electrons. The Hall–Kier alpha value is -1.24. The quantitative estimate of drug-likeness (QED) is 0.0683. The molecule has 67 heavy (non-hydrogen) atoms. The van der Waals surface area contributed by atoms with Crippen molar-refractivity contribution in [3.63, 3.8) is 0 Å². The molecule has 1 unspecified atom stereocenters. The van der Waals surface area contributed by atoms with Crippen molar-refractivity contribution in [2.75, 3.05) is 39.6 Å². The number of hydrogen-bond acceptors (Lipinski definition) is 31. The van der Waals surface area contributed by atoms with Crippen LogP contribution in [0.25, 0.3) is 0 Å². The van der Waals surface area contributed by atoms with Gasteiger partial charge in [-0.05, 0) is 0 Å². The Kier molecular flexibility index (Phi) is 19.4. The largest absolute Gasteiger partial charge is 0.394 e. The molecule has 6 rings (SSSR count). The number of aliphatic hydroxyl groups is 20. The first kappa shape index (κ1) is 55.1. The molecule has 31 heteroatoms. The molecule has 0 bridgehead atoms. The van der Waals surface area contributed by atoms with E-state index in [0.29, 0.717) is 0 Å². The van der Waals surface area contributed by atoms with Gasteiger partial charge < -0.3 is 154 Å². The van der Waals surface area contributed by atoms with E-state index >= 15 is 0 Å². The lowest BCUT2D eigenvalue weighted by atomic mass is 9.95. The monoisotopic (exact) mass is 990 g/mol. The van der Waals surface area contributed by atoms with Gasteiger partial charge in [-0.1, -0.05) is 0 Å². The predicted octanol–water partition coefficient (Wildman–Crippen LogP) is -14.1. The summed E-state index contributed by atoms with van der Waals surface area (Å²) < 4.78 is 60.5. The maximum Gasteiger partial charge on any atom is 0.187 e. The van der Waals surface area contributed by atoms with E-state index in [1.54, 1.807) is 0 Å². The van der Waals surface area contributed by atoms with Crippen molar-refractivity contribution in [1.29, 1.82) is 0 Å². The van der Waals surface area contributed by atoms with E-state index in [-0.39, 0.29) is 0 Å². The molecule has 30 atom stereocenters. The molecular weight excluding hydrogens is 928 g/mol. The third-order valence-corrected chi connectivity index (χ3v) is 12.4. The van der Waals surface area contributed by atoms with E-state index < -0.39 is 224 Å².